The van der Waals surface area contributed by atoms with E-state index in [9.17, 15) is 0 Å². The van der Waals surface area contributed by atoms with Crippen LogP contribution in [0.4, 0.5) is 5.69 Å². The molecule has 1 saturated heterocycles. The van der Waals surface area contributed by atoms with Crippen LogP contribution in [0.2, 0.25) is 0 Å². The molecule has 0 radical (unpaired) electrons. The minimum absolute atomic E-state index is 0.676. The van der Waals surface area contributed by atoms with Crippen LogP contribution in [-0.4, -0.2) is 68.0 Å². The average molecular weight is 390 g/mol. The molecule has 1 N–H and O–H groups in total. The molecule has 1 unspecified atom stereocenters. The summed E-state index contributed by atoms with van der Waals surface area (Å²) in [7, 11) is 1.68. The van der Waals surface area contributed by atoms with Crippen molar-refractivity contribution < 1.29 is 9.47 Å². The molecule has 0 saturated carbocycles. The highest BCUT2D eigenvalue weighted by atomic mass is 32.1. The summed E-state index contributed by atoms with van der Waals surface area (Å²) in [5.74, 6) is 1.53. The van der Waals surface area contributed by atoms with E-state index in [2.05, 4.69) is 27.3 Å². The molecule has 148 valence electrons. The van der Waals surface area contributed by atoms with Crippen molar-refractivity contribution in [2.45, 2.75) is 19.3 Å². The Morgan fingerprint density at radius 1 is 1.26 bits per heavy atom. The molecule has 1 aromatic carbocycles. The van der Waals surface area contributed by atoms with E-state index >= 15 is 0 Å². The molecule has 27 heavy (non-hydrogen) atoms. The van der Waals surface area contributed by atoms with E-state index in [1.165, 1.54) is 12.8 Å². The fraction of sp³-hybridized carbons (Fsp3) is 0.571. The molecule has 0 spiro atoms. The number of methoxy groups -OCH3 is 1. The maximum Gasteiger partial charge on any atom is 0.173 e. The number of allylic oxidation sites excluding steroid dienone is 2. The van der Waals surface area contributed by atoms with Crippen LogP contribution in [0.5, 0.6) is 5.75 Å². The first-order chi connectivity index (χ1) is 13.2. The zero-order valence-corrected chi connectivity index (χ0v) is 17.0. The number of morpholine rings is 1. The normalized spacial score (nSPS) is 20.3. The molecule has 1 atom stereocenters. The Bertz CT molecular complexity index is 614. The van der Waals surface area contributed by atoms with Gasteiger partial charge in [-0.1, -0.05) is 12.2 Å². The molecule has 1 fully saturated rings. The maximum absolute atomic E-state index is 5.78. The summed E-state index contributed by atoms with van der Waals surface area (Å²) in [6, 6.07) is 7.92. The van der Waals surface area contributed by atoms with Gasteiger partial charge in [0, 0.05) is 38.4 Å². The van der Waals surface area contributed by atoms with E-state index < -0.39 is 0 Å². The van der Waals surface area contributed by atoms with Gasteiger partial charge in [0.05, 0.1) is 20.3 Å². The Labute approximate surface area is 168 Å². The summed E-state index contributed by atoms with van der Waals surface area (Å²) in [5, 5.41) is 4.22. The summed E-state index contributed by atoms with van der Waals surface area (Å²) >= 11 is 5.78. The monoisotopic (exact) mass is 389 g/mol. The summed E-state index contributed by atoms with van der Waals surface area (Å²) in [4.78, 5) is 4.81. The Balaban J connectivity index is 1.59. The van der Waals surface area contributed by atoms with Gasteiger partial charge in [-0.2, -0.15) is 0 Å². The van der Waals surface area contributed by atoms with Gasteiger partial charge in [0.2, 0.25) is 0 Å². The van der Waals surface area contributed by atoms with Crippen LogP contribution >= 0.6 is 12.2 Å². The zero-order chi connectivity index (χ0) is 18.9. The Hall–Kier alpha value is -1.63. The molecule has 2 aliphatic rings. The summed E-state index contributed by atoms with van der Waals surface area (Å²) in [6.07, 6.45) is 8.19. The van der Waals surface area contributed by atoms with Gasteiger partial charge in [-0.3, -0.25) is 4.90 Å². The highest BCUT2D eigenvalue weighted by Crippen LogP contribution is 2.21. The Morgan fingerprint density at radius 2 is 2.04 bits per heavy atom. The van der Waals surface area contributed by atoms with E-state index in [0.29, 0.717) is 5.92 Å². The van der Waals surface area contributed by atoms with E-state index in [1.807, 2.05) is 24.3 Å². The van der Waals surface area contributed by atoms with Crippen molar-refractivity contribution in [2.24, 2.45) is 5.92 Å². The highest BCUT2D eigenvalue weighted by molar-refractivity contribution is 7.80. The lowest BCUT2D eigenvalue weighted by atomic mass is 9.94. The van der Waals surface area contributed by atoms with Gasteiger partial charge in [-0.05, 0) is 61.7 Å². The van der Waals surface area contributed by atoms with Gasteiger partial charge >= 0.3 is 0 Å². The third kappa shape index (κ3) is 6.48. The molecule has 0 amide bonds. The molecule has 0 bridgehead atoms. The van der Waals surface area contributed by atoms with E-state index in [0.717, 1.165) is 68.9 Å². The predicted molar refractivity (Wildman–Crippen MR) is 115 cm³/mol. The first-order valence-electron chi connectivity index (χ1n) is 9.89. The van der Waals surface area contributed by atoms with Crippen molar-refractivity contribution in [1.29, 1.82) is 0 Å². The van der Waals surface area contributed by atoms with Gasteiger partial charge in [-0.15, -0.1) is 0 Å². The number of benzene rings is 1. The Morgan fingerprint density at radius 3 is 2.70 bits per heavy atom. The van der Waals surface area contributed by atoms with Gasteiger partial charge < -0.3 is 19.7 Å². The van der Waals surface area contributed by atoms with Crippen molar-refractivity contribution >= 4 is 23.0 Å². The minimum atomic E-state index is 0.676. The van der Waals surface area contributed by atoms with Gasteiger partial charge in [0.25, 0.3) is 0 Å². The van der Waals surface area contributed by atoms with Crippen LogP contribution in [0.15, 0.2) is 36.4 Å². The second-order valence-corrected chi connectivity index (χ2v) is 7.60. The predicted octanol–water partition coefficient (Wildman–Crippen LogP) is 3.38. The molecular weight excluding hydrogens is 358 g/mol. The first kappa shape index (κ1) is 20.1. The number of hydrogen-bond donors (Lipinski definition) is 1. The Kier molecular flexibility index (Phi) is 7.93. The molecule has 1 aliphatic heterocycles. The fourth-order valence-corrected chi connectivity index (χ4v) is 3.86. The van der Waals surface area contributed by atoms with Crippen LogP contribution in [0.3, 0.4) is 0 Å². The van der Waals surface area contributed by atoms with Crippen molar-refractivity contribution in [3.8, 4) is 5.75 Å². The molecule has 5 nitrogen and oxygen atoms in total. The first-order valence-corrected chi connectivity index (χ1v) is 10.3. The van der Waals surface area contributed by atoms with E-state index in [1.54, 1.807) is 7.11 Å². The quantitative estimate of drug-likeness (QED) is 0.569. The SMILES string of the molecule is COc1ccc(NC(=S)N(CCN2CCOCC2)CC2CC=CCC2)cc1. The number of anilines is 1. The molecule has 1 heterocycles. The maximum atomic E-state index is 5.78. The average Bonchev–Trinajstić information content (AvgIpc) is 2.73. The second-order valence-electron chi connectivity index (χ2n) is 7.21. The summed E-state index contributed by atoms with van der Waals surface area (Å²) < 4.78 is 10.7. The molecule has 6 heteroatoms. The number of ether oxygens (including phenoxy) is 2. The van der Waals surface area contributed by atoms with Crippen LogP contribution in [0.1, 0.15) is 19.3 Å². The van der Waals surface area contributed by atoms with Crippen LogP contribution in [0.25, 0.3) is 0 Å². The van der Waals surface area contributed by atoms with Crippen LogP contribution in [-0.2, 0) is 4.74 Å². The number of rotatable bonds is 7. The highest BCUT2D eigenvalue weighted by Gasteiger charge is 2.19. The van der Waals surface area contributed by atoms with E-state index in [4.69, 9.17) is 21.7 Å². The fourth-order valence-electron chi connectivity index (χ4n) is 3.57. The smallest absolute Gasteiger partial charge is 0.173 e. The molecule has 1 aliphatic carbocycles. The lowest BCUT2D eigenvalue weighted by molar-refractivity contribution is 0.0356. The van der Waals surface area contributed by atoms with Gasteiger partial charge in [0.15, 0.2) is 5.11 Å². The number of thiocarbonyl (C=S) groups is 1. The second kappa shape index (κ2) is 10.6. The third-order valence-corrected chi connectivity index (χ3v) is 5.63. The summed E-state index contributed by atoms with van der Waals surface area (Å²) in [6.45, 7) is 6.68. The molecule has 0 aromatic heterocycles. The molecule has 1 aromatic rings. The van der Waals surface area contributed by atoms with Crippen molar-refractivity contribution in [1.82, 2.24) is 9.80 Å². The minimum Gasteiger partial charge on any atom is -0.497 e. The van der Waals surface area contributed by atoms with Crippen molar-refractivity contribution in [3.05, 3.63) is 36.4 Å². The lowest BCUT2D eigenvalue weighted by Crippen LogP contribution is -2.45. The number of nitrogens with zero attached hydrogens (tertiary/aromatic N) is 2. The third-order valence-electron chi connectivity index (χ3n) is 5.27. The standard InChI is InChI=1S/C21H31N3O2S/c1-25-20-9-7-19(8-10-20)22-21(27)24(17-18-5-3-2-4-6-18)12-11-23-13-15-26-16-14-23/h2-3,7-10,18H,4-6,11-17H2,1H3,(H,22,27). The molecular formula is C21H31N3O2S. The van der Waals surface area contributed by atoms with Crippen LogP contribution in [0, 0.1) is 5.92 Å². The van der Waals surface area contributed by atoms with Crippen LogP contribution < -0.4 is 10.1 Å². The van der Waals surface area contributed by atoms with Crippen molar-refractivity contribution in [2.75, 3.05) is 58.4 Å². The topological polar surface area (TPSA) is 37.0 Å². The zero-order valence-electron chi connectivity index (χ0n) is 16.2. The number of hydrogen-bond acceptors (Lipinski definition) is 4. The van der Waals surface area contributed by atoms with Crippen molar-refractivity contribution in [3.63, 3.8) is 0 Å². The summed E-state index contributed by atoms with van der Waals surface area (Å²) in [5.41, 5.74) is 1.00. The van der Waals surface area contributed by atoms with E-state index in [-0.39, 0.29) is 0 Å². The largest absolute Gasteiger partial charge is 0.497 e. The number of nitrogens with one attached hydrogen (secondary N) is 1. The molecule has 3 rings (SSSR count). The van der Waals surface area contributed by atoms with Gasteiger partial charge in [0.1, 0.15) is 5.75 Å². The van der Waals surface area contributed by atoms with Gasteiger partial charge in [-0.25, -0.2) is 0 Å². The lowest BCUT2D eigenvalue weighted by Gasteiger charge is -2.34.